The molecule has 3 rings (SSSR count). The second kappa shape index (κ2) is 9.42. The van der Waals surface area contributed by atoms with Gasteiger partial charge >= 0.3 is 0 Å². The third-order valence-electron chi connectivity index (χ3n) is 5.54. The molecule has 1 aromatic carbocycles. The van der Waals surface area contributed by atoms with Crippen molar-refractivity contribution in [2.75, 3.05) is 13.7 Å². The number of benzene rings is 1. The molecule has 1 atom stereocenters. The molecule has 9 heteroatoms. The van der Waals surface area contributed by atoms with Crippen molar-refractivity contribution in [2.24, 2.45) is 0 Å². The van der Waals surface area contributed by atoms with E-state index in [0.29, 0.717) is 19.5 Å². The topological polar surface area (TPSA) is 106 Å². The molecule has 1 aliphatic heterocycles. The predicted molar refractivity (Wildman–Crippen MR) is 119 cm³/mol. The Labute approximate surface area is 188 Å². The van der Waals surface area contributed by atoms with Crippen LogP contribution >= 0.6 is 0 Å². The summed E-state index contributed by atoms with van der Waals surface area (Å²) >= 11 is 0. The zero-order chi connectivity index (χ0) is 23.5. The summed E-state index contributed by atoms with van der Waals surface area (Å²) < 4.78 is 6.77. The summed E-state index contributed by atoms with van der Waals surface area (Å²) in [5.41, 5.74) is 0.115. The molecule has 2 aromatic rings. The van der Waals surface area contributed by atoms with Gasteiger partial charge in [-0.2, -0.15) is 0 Å². The molecule has 0 aliphatic carbocycles. The maximum atomic E-state index is 13.4. The largest absolute Gasteiger partial charge is 0.497 e. The third kappa shape index (κ3) is 4.46. The first-order chi connectivity index (χ1) is 15.2. The highest BCUT2D eigenvalue weighted by Crippen LogP contribution is 2.29. The van der Waals surface area contributed by atoms with Crippen molar-refractivity contribution in [3.05, 3.63) is 47.5 Å². The number of aromatic nitrogens is 2. The second-order valence-electron chi connectivity index (χ2n) is 8.46. The summed E-state index contributed by atoms with van der Waals surface area (Å²) in [6, 6.07) is 7.34. The Kier molecular flexibility index (Phi) is 6.86. The monoisotopic (exact) mass is 441 g/mol. The van der Waals surface area contributed by atoms with Gasteiger partial charge in [0.05, 0.1) is 20.0 Å². The van der Waals surface area contributed by atoms with E-state index in [1.54, 1.807) is 23.5 Å². The molecule has 32 heavy (non-hydrogen) atoms. The standard InChI is InChI=1S/C23H31N5O4/c1-6-11-28-21(30)19-18(20(29)26-15(2)3)25-14-27(19)13-23(28,4)22(31)24-12-16-7-9-17(32-5)10-8-16/h7-10,14-15H,6,11-13H2,1-5H3,(H,24,31)(H,26,29). The van der Waals surface area contributed by atoms with E-state index in [9.17, 15) is 14.4 Å². The number of carbonyl (C=O) groups is 3. The minimum absolute atomic E-state index is 0.0840. The van der Waals surface area contributed by atoms with Crippen molar-refractivity contribution in [3.8, 4) is 5.75 Å². The van der Waals surface area contributed by atoms with E-state index in [0.717, 1.165) is 11.3 Å². The number of hydrogen-bond acceptors (Lipinski definition) is 5. The summed E-state index contributed by atoms with van der Waals surface area (Å²) in [7, 11) is 1.60. The van der Waals surface area contributed by atoms with Gasteiger partial charge in [-0.25, -0.2) is 4.98 Å². The van der Waals surface area contributed by atoms with Gasteiger partial charge in [-0.3, -0.25) is 14.4 Å². The zero-order valence-corrected chi connectivity index (χ0v) is 19.3. The summed E-state index contributed by atoms with van der Waals surface area (Å²) in [6.07, 6.45) is 2.13. The number of methoxy groups -OCH3 is 1. The van der Waals surface area contributed by atoms with Crippen LogP contribution in [0.25, 0.3) is 0 Å². The number of nitrogens with zero attached hydrogens (tertiary/aromatic N) is 3. The number of rotatable bonds is 8. The van der Waals surface area contributed by atoms with E-state index in [1.807, 2.05) is 45.0 Å². The van der Waals surface area contributed by atoms with Crippen LogP contribution in [-0.4, -0.2) is 57.4 Å². The molecule has 0 saturated carbocycles. The maximum Gasteiger partial charge on any atom is 0.273 e. The minimum atomic E-state index is -1.11. The third-order valence-corrected chi connectivity index (χ3v) is 5.54. The lowest BCUT2D eigenvalue weighted by molar-refractivity contribution is -0.133. The molecule has 172 valence electrons. The Hall–Kier alpha value is -3.36. The van der Waals surface area contributed by atoms with E-state index in [4.69, 9.17) is 4.74 Å². The highest BCUT2D eigenvalue weighted by molar-refractivity contribution is 6.07. The van der Waals surface area contributed by atoms with E-state index >= 15 is 0 Å². The van der Waals surface area contributed by atoms with Crippen LogP contribution < -0.4 is 15.4 Å². The molecule has 9 nitrogen and oxygen atoms in total. The number of imidazole rings is 1. The summed E-state index contributed by atoms with van der Waals surface area (Å²) in [5.74, 6) is -0.288. The fourth-order valence-electron chi connectivity index (χ4n) is 3.87. The van der Waals surface area contributed by atoms with Gasteiger partial charge in [0, 0.05) is 19.1 Å². The smallest absolute Gasteiger partial charge is 0.273 e. The molecular weight excluding hydrogens is 410 g/mol. The summed E-state index contributed by atoms with van der Waals surface area (Å²) in [4.78, 5) is 45.0. The fraction of sp³-hybridized carbons (Fsp3) is 0.478. The van der Waals surface area contributed by atoms with Crippen LogP contribution in [0, 0.1) is 0 Å². The predicted octanol–water partition coefficient (Wildman–Crippen LogP) is 1.97. The molecule has 0 radical (unpaired) electrons. The van der Waals surface area contributed by atoms with E-state index < -0.39 is 11.4 Å². The lowest BCUT2D eigenvalue weighted by Crippen LogP contribution is -2.64. The average Bonchev–Trinajstić information content (AvgIpc) is 3.18. The van der Waals surface area contributed by atoms with Gasteiger partial charge in [-0.15, -0.1) is 0 Å². The first-order valence-corrected chi connectivity index (χ1v) is 10.8. The Balaban J connectivity index is 1.85. The van der Waals surface area contributed by atoms with Crippen molar-refractivity contribution in [3.63, 3.8) is 0 Å². The molecule has 3 amide bonds. The number of nitrogens with one attached hydrogen (secondary N) is 2. The van der Waals surface area contributed by atoms with Gasteiger partial charge in [0.2, 0.25) is 5.91 Å². The Morgan fingerprint density at radius 2 is 1.94 bits per heavy atom. The molecule has 0 spiro atoms. The van der Waals surface area contributed by atoms with Crippen molar-refractivity contribution < 1.29 is 19.1 Å². The molecule has 0 fully saturated rings. The summed E-state index contributed by atoms with van der Waals surface area (Å²) in [5, 5.41) is 5.73. The van der Waals surface area contributed by atoms with Crippen LogP contribution in [0.15, 0.2) is 30.6 Å². The normalized spacial score (nSPS) is 17.8. The van der Waals surface area contributed by atoms with Gasteiger partial charge in [0.1, 0.15) is 17.0 Å². The lowest BCUT2D eigenvalue weighted by Gasteiger charge is -2.43. The number of ether oxygens (including phenoxy) is 1. The second-order valence-corrected chi connectivity index (χ2v) is 8.46. The highest BCUT2D eigenvalue weighted by Gasteiger charge is 2.48. The van der Waals surface area contributed by atoms with Crippen molar-refractivity contribution in [1.82, 2.24) is 25.1 Å². The van der Waals surface area contributed by atoms with E-state index in [2.05, 4.69) is 15.6 Å². The molecule has 1 unspecified atom stereocenters. The number of fused-ring (bicyclic) bond motifs is 1. The Morgan fingerprint density at radius 1 is 1.25 bits per heavy atom. The van der Waals surface area contributed by atoms with Crippen LogP contribution in [0.1, 0.15) is 60.7 Å². The van der Waals surface area contributed by atoms with Crippen molar-refractivity contribution in [1.29, 1.82) is 0 Å². The molecule has 0 saturated heterocycles. The van der Waals surface area contributed by atoms with Gasteiger partial charge in [-0.05, 0) is 44.9 Å². The lowest BCUT2D eigenvalue weighted by atomic mass is 9.93. The number of amides is 3. The van der Waals surface area contributed by atoms with Gasteiger partial charge in [-0.1, -0.05) is 19.1 Å². The molecule has 2 N–H and O–H groups in total. The SMILES string of the molecule is CCCN1C(=O)c2c(C(=O)NC(C)C)ncn2CC1(C)C(=O)NCc1ccc(OC)cc1. The fourth-order valence-corrected chi connectivity index (χ4v) is 3.87. The zero-order valence-electron chi connectivity index (χ0n) is 19.3. The molecule has 2 heterocycles. The van der Waals surface area contributed by atoms with Crippen molar-refractivity contribution >= 4 is 17.7 Å². The highest BCUT2D eigenvalue weighted by atomic mass is 16.5. The molecule has 1 aromatic heterocycles. The van der Waals surface area contributed by atoms with Gasteiger partial charge < -0.3 is 24.8 Å². The minimum Gasteiger partial charge on any atom is -0.497 e. The Bertz CT molecular complexity index is 998. The first-order valence-electron chi connectivity index (χ1n) is 10.8. The molecule has 1 aliphatic rings. The van der Waals surface area contributed by atoms with Crippen LogP contribution in [0.4, 0.5) is 0 Å². The van der Waals surface area contributed by atoms with Crippen LogP contribution in [0.3, 0.4) is 0 Å². The quantitative estimate of drug-likeness (QED) is 0.652. The van der Waals surface area contributed by atoms with Gasteiger partial charge in [0.15, 0.2) is 5.69 Å². The van der Waals surface area contributed by atoms with E-state index in [1.165, 1.54) is 6.33 Å². The van der Waals surface area contributed by atoms with Crippen LogP contribution in [0.2, 0.25) is 0 Å². The molecular formula is C23H31N5O4. The first kappa shape index (κ1) is 23.3. The molecule has 0 bridgehead atoms. The van der Waals surface area contributed by atoms with Gasteiger partial charge in [0.25, 0.3) is 11.8 Å². The average molecular weight is 442 g/mol. The number of carbonyl (C=O) groups excluding carboxylic acids is 3. The maximum absolute atomic E-state index is 13.4. The van der Waals surface area contributed by atoms with Crippen LogP contribution in [0.5, 0.6) is 5.75 Å². The van der Waals surface area contributed by atoms with E-state index in [-0.39, 0.29) is 35.8 Å². The van der Waals surface area contributed by atoms with Crippen molar-refractivity contribution in [2.45, 2.75) is 58.8 Å². The number of hydrogen-bond donors (Lipinski definition) is 2. The summed E-state index contributed by atoms with van der Waals surface area (Å²) in [6.45, 7) is 8.31. The van der Waals surface area contributed by atoms with Crippen LogP contribution in [-0.2, 0) is 17.9 Å². The Morgan fingerprint density at radius 3 is 2.53 bits per heavy atom.